The lowest BCUT2D eigenvalue weighted by molar-refractivity contribution is -0.116. The van der Waals surface area contributed by atoms with E-state index >= 15 is 0 Å². The number of hydrogen-bond donors (Lipinski definition) is 1. The van der Waals surface area contributed by atoms with Crippen LogP contribution in [0.2, 0.25) is 0 Å². The maximum absolute atomic E-state index is 11.9. The topological polar surface area (TPSA) is 64.0 Å². The number of carbonyl (C=O) groups excluding carboxylic acids is 1. The van der Waals surface area contributed by atoms with Crippen LogP contribution in [0.1, 0.15) is 96.8 Å². The number of unbranched alkanes of at least 4 members (excludes halogenated alkanes) is 12. The van der Waals surface area contributed by atoms with Gasteiger partial charge >= 0.3 is 5.69 Å². The molecule has 0 aromatic carbocycles. The van der Waals surface area contributed by atoms with E-state index < -0.39 is 0 Å². The van der Waals surface area contributed by atoms with Gasteiger partial charge in [0.05, 0.1) is 0 Å². The normalized spacial score (nSPS) is 10.8. The van der Waals surface area contributed by atoms with E-state index in [0.29, 0.717) is 12.2 Å². The van der Waals surface area contributed by atoms with E-state index in [0.717, 1.165) is 12.8 Å². The van der Waals surface area contributed by atoms with Crippen molar-refractivity contribution in [1.29, 1.82) is 0 Å². The van der Waals surface area contributed by atoms with E-state index in [1.54, 1.807) is 19.3 Å². The lowest BCUT2D eigenvalue weighted by Gasteiger charge is -2.05. The number of hydrogen-bond acceptors (Lipinski definition) is 3. The van der Waals surface area contributed by atoms with Gasteiger partial charge < -0.3 is 9.88 Å². The van der Waals surface area contributed by atoms with E-state index in [2.05, 4.69) is 17.2 Å². The molecule has 0 spiro atoms. The van der Waals surface area contributed by atoms with Crippen molar-refractivity contribution in [1.82, 2.24) is 9.55 Å². The number of anilines is 1. The number of aromatic nitrogens is 2. The standard InChI is InChI=1S/C21H37N3O2/c1-3-4-5-6-7-8-9-10-11-12-13-14-15-16-20(25)22-19-17-18-24(2)21(26)23-19/h17-18H,3-16H2,1-2H3,(H,22,23,25,26). The Labute approximate surface area is 158 Å². The van der Waals surface area contributed by atoms with Gasteiger partial charge in [-0.05, 0) is 12.5 Å². The zero-order valence-electron chi connectivity index (χ0n) is 16.8. The van der Waals surface area contributed by atoms with Crippen LogP contribution in [0.4, 0.5) is 5.82 Å². The molecular weight excluding hydrogens is 326 g/mol. The monoisotopic (exact) mass is 363 g/mol. The van der Waals surface area contributed by atoms with Crippen molar-refractivity contribution in [2.24, 2.45) is 7.05 Å². The predicted molar refractivity (Wildman–Crippen MR) is 108 cm³/mol. The number of aryl methyl sites for hydroxylation is 1. The SMILES string of the molecule is CCCCCCCCCCCCCCCC(=O)Nc1ccn(C)c(=O)n1. The molecule has 1 heterocycles. The van der Waals surface area contributed by atoms with Crippen LogP contribution in [0.25, 0.3) is 0 Å². The molecule has 0 bridgehead atoms. The van der Waals surface area contributed by atoms with Crippen molar-refractivity contribution in [3.63, 3.8) is 0 Å². The third kappa shape index (κ3) is 11.1. The maximum atomic E-state index is 11.9. The Morgan fingerprint density at radius 1 is 0.923 bits per heavy atom. The quantitative estimate of drug-likeness (QED) is 0.436. The molecule has 1 N–H and O–H groups in total. The Morgan fingerprint density at radius 2 is 1.42 bits per heavy atom. The molecule has 0 unspecified atom stereocenters. The summed E-state index contributed by atoms with van der Waals surface area (Å²) in [5, 5.41) is 2.69. The highest BCUT2D eigenvalue weighted by Gasteiger charge is 2.04. The lowest BCUT2D eigenvalue weighted by atomic mass is 10.0. The summed E-state index contributed by atoms with van der Waals surface area (Å²) in [6.45, 7) is 2.26. The fourth-order valence-corrected chi connectivity index (χ4v) is 3.04. The summed E-state index contributed by atoms with van der Waals surface area (Å²) >= 11 is 0. The fourth-order valence-electron chi connectivity index (χ4n) is 3.04. The minimum atomic E-state index is -0.358. The molecule has 0 saturated heterocycles. The van der Waals surface area contributed by atoms with Crippen molar-refractivity contribution in [2.75, 3.05) is 5.32 Å². The molecular formula is C21H37N3O2. The molecule has 0 atom stereocenters. The van der Waals surface area contributed by atoms with Gasteiger partial charge in [0.1, 0.15) is 5.82 Å². The third-order valence-corrected chi connectivity index (χ3v) is 4.75. The molecule has 0 aliphatic carbocycles. The zero-order valence-corrected chi connectivity index (χ0v) is 16.8. The van der Waals surface area contributed by atoms with E-state index in [1.165, 1.54) is 75.2 Å². The molecule has 1 rings (SSSR count). The number of rotatable bonds is 15. The Morgan fingerprint density at radius 3 is 1.92 bits per heavy atom. The van der Waals surface area contributed by atoms with Crippen LogP contribution in [-0.4, -0.2) is 15.5 Å². The summed E-state index contributed by atoms with van der Waals surface area (Å²) in [4.78, 5) is 27.1. The van der Waals surface area contributed by atoms with Crippen LogP contribution in [-0.2, 0) is 11.8 Å². The predicted octanol–water partition coefficient (Wildman–Crippen LogP) is 5.20. The molecule has 0 fully saturated rings. The van der Waals surface area contributed by atoms with Gasteiger partial charge in [0, 0.05) is 19.7 Å². The second-order valence-electron chi connectivity index (χ2n) is 7.25. The molecule has 1 aromatic rings. The first-order chi connectivity index (χ1) is 12.6. The van der Waals surface area contributed by atoms with Crippen LogP contribution < -0.4 is 11.0 Å². The Hall–Kier alpha value is -1.65. The van der Waals surface area contributed by atoms with Gasteiger partial charge in [-0.15, -0.1) is 0 Å². The second-order valence-corrected chi connectivity index (χ2v) is 7.25. The molecule has 0 radical (unpaired) electrons. The minimum absolute atomic E-state index is 0.0613. The Bertz CT molecular complexity index is 554. The van der Waals surface area contributed by atoms with Crippen LogP contribution in [0.5, 0.6) is 0 Å². The van der Waals surface area contributed by atoms with Crippen molar-refractivity contribution >= 4 is 11.7 Å². The molecule has 5 heteroatoms. The smallest absolute Gasteiger partial charge is 0.310 e. The van der Waals surface area contributed by atoms with Gasteiger partial charge in [-0.25, -0.2) is 4.79 Å². The van der Waals surface area contributed by atoms with E-state index in [9.17, 15) is 9.59 Å². The zero-order chi connectivity index (χ0) is 19.0. The van der Waals surface area contributed by atoms with Crippen molar-refractivity contribution in [3.8, 4) is 0 Å². The number of carbonyl (C=O) groups is 1. The molecule has 1 aromatic heterocycles. The summed E-state index contributed by atoms with van der Waals surface area (Å²) in [5.41, 5.74) is -0.358. The van der Waals surface area contributed by atoms with Crippen molar-refractivity contribution < 1.29 is 4.79 Å². The van der Waals surface area contributed by atoms with Crippen molar-refractivity contribution in [3.05, 3.63) is 22.7 Å². The minimum Gasteiger partial charge on any atom is -0.310 e. The first-order valence-corrected chi connectivity index (χ1v) is 10.5. The molecule has 0 aliphatic heterocycles. The average Bonchev–Trinajstić information content (AvgIpc) is 2.62. The van der Waals surface area contributed by atoms with E-state index in [1.807, 2.05) is 0 Å². The van der Waals surface area contributed by atoms with Gasteiger partial charge in [-0.1, -0.05) is 84.0 Å². The van der Waals surface area contributed by atoms with Gasteiger partial charge in [0.25, 0.3) is 0 Å². The van der Waals surface area contributed by atoms with E-state index in [-0.39, 0.29) is 11.6 Å². The van der Waals surface area contributed by atoms with Gasteiger partial charge in [0.2, 0.25) is 5.91 Å². The molecule has 148 valence electrons. The number of nitrogens with zero attached hydrogens (tertiary/aromatic N) is 2. The van der Waals surface area contributed by atoms with E-state index in [4.69, 9.17) is 0 Å². The first kappa shape index (κ1) is 22.4. The van der Waals surface area contributed by atoms with Crippen molar-refractivity contribution in [2.45, 2.75) is 96.8 Å². The number of nitrogens with one attached hydrogen (secondary N) is 1. The third-order valence-electron chi connectivity index (χ3n) is 4.75. The summed E-state index contributed by atoms with van der Waals surface area (Å²) in [7, 11) is 1.63. The highest BCUT2D eigenvalue weighted by Crippen LogP contribution is 2.13. The largest absolute Gasteiger partial charge is 0.349 e. The van der Waals surface area contributed by atoms with Crippen LogP contribution in [0.15, 0.2) is 17.1 Å². The number of amides is 1. The summed E-state index contributed by atoms with van der Waals surface area (Å²) in [5.74, 6) is 0.279. The lowest BCUT2D eigenvalue weighted by Crippen LogP contribution is -2.22. The van der Waals surface area contributed by atoms with Crippen LogP contribution in [0.3, 0.4) is 0 Å². The molecule has 5 nitrogen and oxygen atoms in total. The molecule has 0 saturated carbocycles. The van der Waals surface area contributed by atoms with Gasteiger partial charge in [-0.3, -0.25) is 4.79 Å². The summed E-state index contributed by atoms with van der Waals surface area (Å²) < 4.78 is 1.38. The van der Waals surface area contributed by atoms with Gasteiger partial charge in [-0.2, -0.15) is 4.98 Å². The summed E-state index contributed by atoms with van der Waals surface area (Å²) in [6.07, 6.45) is 18.9. The molecule has 0 aliphatic rings. The highest BCUT2D eigenvalue weighted by atomic mass is 16.2. The maximum Gasteiger partial charge on any atom is 0.349 e. The summed E-state index contributed by atoms with van der Waals surface area (Å²) in [6, 6.07) is 1.64. The van der Waals surface area contributed by atoms with Crippen LogP contribution >= 0.6 is 0 Å². The Kier molecular flexibility index (Phi) is 12.5. The van der Waals surface area contributed by atoms with Crippen LogP contribution in [0, 0.1) is 0 Å². The highest BCUT2D eigenvalue weighted by molar-refractivity contribution is 5.89. The first-order valence-electron chi connectivity index (χ1n) is 10.5. The van der Waals surface area contributed by atoms with Gasteiger partial charge in [0.15, 0.2) is 0 Å². The molecule has 1 amide bonds. The Balaban J connectivity index is 1.91. The average molecular weight is 364 g/mol. The second kappa shape index (κ2) is 14.5. The molecule has 26 heavy (non-hydrogen) atoms. The fraction of sp³-hybridized carbons (Fsp3) is 0.762.